The van der Waals surface area contributed by atoms with Crippen LogP contribution in [0.15, 0.2) is 52.5 Å². The molecule has 1 aromatic carbocycles. The third-order valence-corrected chi connectivity index (χ3v) is 7.15. The highest BCUT2D eigenvalue weighted by molar-refractivity contribution is 7.99. The normalized spacial score (nSPS) is 11.6. The summed E-state index contributed by atoms with van der Waals surface area (Å²) in [7, 11) is -3.62. The Hall–Kier alpha value is -2.10. The van der Waals surface area contributed by atoms with Gasteiger partial charge in [-0.25, -0.2) is 8.42 Å². The zero-order valence-electron chi connectivity index (χ0n) is 15.5. The molecule has 0 aliphatic rings. The van der Waals surface area contributed by atoms with Gasteiger partial charge in [0.1, 0.15) is 0 Å². The molecule has 146 valence electrons. The van der Waals surface area contributed by atoms with Gasteiger partial charge in [-0.15, -0.1) is 0 Å². The molecule has 0 fully saturated rings. The lowest BCUT2D eigenvalue weighted by molar-refractivity contribution is -0.645. The van der Waals surface area contributed by atoms with Crippen molar-refractivity contribution >= 4 is 33.4 Å². The summed E-state index contributed by atoms with van der Waals surface area (Å²) < 4.78 is 27.6. The molecule has 0 atom stereocenters. The van der Waals surface area contributed by atoms with Gasteiger partial charge in [-0.1, -0.05) is 19.9 Å². The van der Waals surface area contributed by atoms with Gasteiger partial charge in [0.2, 0.25) is 15.9 Å². The molecule has 0 aliphatic carbocycles. The van der Waals surface area contributed by atoms with E-state index >= 15 is 0 Å². The summed E-state index contributed by atoms with van der Waals surface area (Å²) in [6.45, 7) is 6.03. The molecule has 0 saturated heterocycles. The first-order chi connectivity index (χ1) is 12.8. The van der Waals surface area contributed by atoms with Crippen molar-refractivity contribution in [3.63, 3.8) is 0 Å². The minimum absolute atomic E-state index is 0.0399. The fourth-order valence-electron chi connectivity index (χ4n) is 2.52. The number of anilines is 1. The number of pyridine rings is 1. The van der Waals surface area contributed by atoms with Crippen molar-refractivity contribution in [2.45, 2.75) is 30.7 Å². The molecule has 0 unspecified atom stereocenters. The summed E-state index contributed by atoms with van der Waals surface area (Å²) in [5, 5.41) is 14.7. The van der Waals surface area contributed by atoms with Gasteiger partial charge in [-0.2, -0.15) is 9.04 Å². The zero-order valence-corrected chi connectivity index (χ0v) is 17.1. The number of benzene rings is 1. The van der Waals surface area contributed by atoms with Gasteiger partial charge < -0.3 is 10.5 Å². The first-order valence-corrected chi connectivity index (χ1v) is 10.9. The second-order valence-corrected chi connectivity index (χ2v) is 8.67. The Kier molecular flexibility index (Phi) is 7.23. The van der Waals surface area contributed by atoms with Crippen molar-refractivity contribution in [3.8, 4) is 0 Å². The Morgan fingerprint density at radius 2 is 1.93 bits per heavy atom. The lowest BCUT2D eigenvalue weighted by atomic mass is 10.2. The number of carbonyl (C=O) groups is 1. The van der Waals surface area contributed by atoms with Crippen molar-refractivity contribution in [2.75, 3.05) is 24.2 Å². The van der Waals surface area contributed by atoms with Crippen LogP contribution < -0.4 is 10.0 Å². The molecule has 2 rings (SSSR count). The van der Waals surface area contributed by atoms with Gasteiger partial charge in [0.25, 0.3) is 5.03 Å². The highest BCUT2D eigenvalue weighted by Crippen LogP contribution is 2.24. The number of aryl methyl sites for hydroxylation is 1. The smallest absolute Gasteiger partial charge is 0.251 e. The number of hydrogen-bond acceptors (Lipinski definition) is 5. The van der Waals surface area contributed by atoms with E-state index in [0.717, 1.165) is 11.8 Å². The minimum atomic E-state index is -3.62. The molecule has 2 aromatic rings. The van der Waals surface area contributed by atoms with E-state index in [1.165, 1.54) is 16.6 Å². The molecule has 0 spiro atoms. The van der Waals surface area contributed by atoms with Crippen LogP contribution >= 0.6 is 11.8 Å². The fourth-order valence-corrected chi connectivity index (χ4v) is 4.94. The zero-order chi connectivity index (χ0) is 20.0. The van der Waals surface area contributed by atoms with Crippen molar-refractivity contribution in [2.24, 2.45) is 0 Å². The Balaban J connectivity index is 2.13. The molecule has 1 N–H and O–H groups in total. The van der Waals surface area contributed by atoms with Crippen LogP contribution in [0.4, 0.5) is 5.69 Å². The van der Waals surface area contributed by atoms with E-state index in [9.17, 15) is 18.4 Å². The number of nitrogens with zero attached hydrogens (tertiary/aromatic N) is 2. The Morgan fingerprint density at radius 1 is 1.22 bits per heavy atom. The van der Waals surface area contributed by atoms with Crippen LogP contribution in [0.3, 0.4) is 0 Å². The van der Waals surface area contributed by atoms with Crippen molar-refractivity contribution in [1.29, 1.82) is 0 Å². The second kappa shape index (κ2) is 9.20. The number of thioether (sulfide) groups is 1. The SMILES string of the molecule is CCN(CC)S(=O)(=O)c1cc(NC(=O)CSc2cccc[n+]2[O-])ccc1C. The van der Waals surface area contributed by atoms with E-state index < -0.39 is 10.0 Å². The van der Waals surface area contributed by atoms with E-state index in [1.54, 1.807) is 51.1 Å². The molecule has 0 aliphatic heterocycles. The lowest BCUT2D eigenvalue weighted by Gasteiger charge is -2.20. The summed E-state index contributed by atoms with van der Waals surface area (Å²) >= 11 is 1.11. The summed E-state index contributed by atoms with van der Waals surface area (Å²) in [6, 6.07) is 9.77. The predicted molar refractivity (Wildman–Crippen MR) is 106 cm³/mol. The summed E-state index contributed by atoms with van der Waals surface area (Å²) in [5.41, 5.74) is 1.02. The molecule has 7 nitrogen and oxygen atoms in total. The maximum absolute atomic E-state index is 12.8. The minimum Gasteiger partial charge on any atom is -0.618 e. The molecular formula is C18H23N3O4S2. The van der Waals surface area contributed by atoms with E-state index in [-0.39, 0.29) is 16.6 Å². The Labute approximate surface area is 164 Å². The first kappa shape index (κ1) is 21.2. The molecule has 0 radical (unpaired) electrons. The van der Waals surface area contributed by atoms with Crippen LogP contribution in [0, 0.1) is 12.1 Å². The van der Waals surface area contributed by atoms with Crippen molar-refractivity contribution in [1.82, 2.24) is 4.31 Å². The highest BCUT2D eigenvalue weighted by atomic mass is 32.2. The van der Waals surface area contributed by atoms with E-state index in [1.807, 2.05) is 0 Å². The number of amides is 1. The van der Waals surface area contributed by atoms with Gasteiger partial charge in [-0.3, -0.25) is 4.79 Å². The number of rotatable bonds is 8. The third-order valence-electron chi connectivity index (χ3n) is 3.93. The molecule has 27 heavy (non-hydrogen) atoms. The quantitative estimate of drug-likeness (QED) is 0.410. The number of hydrogen-bond donors (Lipinski definition) is 1. The maximum Gasteiger partial charge on any atom is 0.251 e. The lowest BCUT2D eigenvalue weighted by Crippen LogP contribution is -2.31. The molecule has 1 aromatic heterocycles. The fraction of sp³-hybridized carbons (Fsp3) is 0.333. The first-order valence-electron chi connectivity index (χ1n) is 8.51. The molecule has 0 saturated carbocycles. The second-order valence-electron chi connectivity index (χ2n) is 5.77. The number of carbonyl (C=O) groups excluding carboxylic acids is 1. The summed E-state index contributed by atoms with van der Waals surface area (Å²) in [4.78, 5) is 12.4. The van der Waals surface area contributed by atoms with Gasteiger partial charge in [-0.05, 0) is 42.4 Å². The Bertz CT molecular complexity index is 913. The average molecular weight is 410 g/mol. The largest absolute Gasteiger partial charge is 0.618 e. The number of sulfonamides is 1. The highest BCUT2D eigenvalue weighted by Gasteiger charge is 2.24. The van der Waals surface area contributed by atoms with Gasteiger partial charge in [0, 0.05) is 30.9 Å². The van der Waals surface area contributed by atoms with Crippen LogP contribution in [-0.2, 0) is 14.8 Å². The monoisotopic (exact) mass is 409 g/mol. The summed E-state index contributed by atoms with van der Waals surface area (Å²) in [5.74, 6) is -0.281. The van der Waals surface area contributed by atoms with Gasteiger partial charge in [0.15, 0.2) is 6.20 Å². The topological polar surface area (TPSA) is 93.4 Å². The van der Waals surface area contributed by atoms with Gasteiger partial charge in [0.05, 0.1) is 10.6 Å². The Morgan fingerprint density at radius 3 is 2.56 bits per heavy atom. The number of aromatic nitrogens is 1. The van der Waals surface area contributed by atoms with E-state index in [4.69, 9.17) is 0 Å². The molecule has 9 heteroatoms. The molecule has 1 heterocycles. The van der Waals surface area contributed by atoms with E-state index in [2.05, 4.69) is 5.32 Å². The van der Waals surface area contributed by atoms with Gasteiger partial charge >= 0.3 is 0 Å². The molecule has 0 bridgehead atoms. The number of nitrogens with one attached hydrogen (secondary N) is 1. The van der Waals surface area contributed by atoms with Crippen LogP contribution in [0.2, 0.25) is 0 Å². The van der Waals surface area contributed by atoms with Crippen LogP contribution in [-0.4, -0.2) is 37.5 Å². The third kappa shape index (κ3) is 5.21. The average Bonchev–Trinajstić information content (AvgIpc) is 2.63. The van der Waals surface area contributed by atoms with E-state index in [0.29, 0.717) is 34.1 Å². The standard InChI is InChI=1S/C18H23N3O4S2/c1-4-20(5-2)27(24,25)16-12-15(10-9-14(16)3)19-17(22)13-26-18-8-6-7-11-21(18)23/h6-12H,4-5,13H2,1-3H3,(H,19,22). The molecule has 1 amide bonds. The van der Waals surface area contributed by atoms with Crippen molar-refractivity contribution in [3.05, 3.63) is 53.4 Å². The molecular weight excluding hydrogens is 386 g/mol. The van der Waals surface area contributed by atoms with Crippen LogP contribution in [0.5, 0.6) is 0 Å². The van der Waals surface area contributed by atoms with Crippen LogP contribution in [0.1, 0.15) is 19.4 Å². The van der Waals surface area contributed by atoms with Crippen LogP contribution in [0.25, 0.3) is 0 Å². The summed E-state index contributed by atoms with van der Waals surface area (Å²) in [6.07, 6.45) is 1.37. The predicted octanol–water partition coefficient (Wildman–Crippen LogP) is 2.39. The van der Waals surface area contributed by atoms with Crippen molar-refractivity contribution < 1.29 is 17.9 Å². The maximum atomic E-state index is 12.8.